The highest BCUT2D eigenvalue weighted by Gasteiger charge is 2.15. The molecule has 0 fully saturated rings. The molecule has 6 heteroatoms. The van der Waals surface area contributed by atoms with Crippen LogP contribution in [0.2, 0.25) is 5.02 Å². The van der Waals surface area contributed by atoms with Gasteiger partial charge in [0.05, 0.1) is 10.6 Å². The number of anilines is 1. The van der Waals surface area contributed by atoms with Crippen LogP contribution in [0, 0.1) is 12.7 Å². The smallest absolute Gasteiger partial charge is 0.261 e. The van der Waals surface area contributed by atoms with E-state index in [0.29, 0.717) is 16.3 Å². The Kier molecular flexibility index (Phi) is 3.78. The topological polar surface area (TPSA) is 46.2 Å². The number of halogens is 2. The van der Waals surface area contributed by atoms with Gasteiger partial charge in [-0.05, 0) is 48.9 Å². The van der Waals surface area contributed by atoms with Gasteiger partial charge in [0, 0.05) is 5.02 Å². The fourth-order valence-corrected chi connectivity index (χ4v) is 3.01. The molecule has 2 aromatic carbocycles. The molecule has 1 N–H and O–H groups in total. The van der Waals surface area contributed by atoms with Gasteiger partial charge < -0.3 is 0 Å². The number of benzene rings is 2. The first-order valence-corrected chi connectivity index (χ1v) is 7.29. The van der Waals surface area contributed by atoms with Gasteiger partial charge in [-0.1, -0.05) is 17.7 Å². The molecule has 0 aliphatic rings. The van der Waals surface area contributed by atoms with E-state index in [1.807, 2.05) is 0 Å². The van der Waals surface area contributed by atoms with E-state index < -0.39 is 15.8 Å². The number of nitrogens with one attached hydrogen (secondary N) is 1. The average Bonchev–Trinajstić information content (AvgIpc) is 2.33. The van der Waals surface area contributed by atoms with Crippen molar-refractivity contribution in [1.82, 2.24) is 0 Å². The van der Waals surface area contributed by atoms with E-state index in [2.05, 4.69) is 4.72 Å². The monoisotopic (exact) mass is 299 g/mol. The minimum atomic E-state index is -3.73. The Bertz CT molecular complexity index is 716. The molecule has 100 valence electrons. The Labute approximate surface area is 116 Å². The van der Waals surface area contributed by atoms with E-state index in [4.69, 9.17) is 11.6 Å². The van der Waals surface area contributed by atoms with E-state index in [0.717, 1.165) is 0 Å². The minimum Gasteiger partial charge on any atom is -0.279 e. The molecule has 0 heterocycles. The Morgan fingerprint density at radius 3 is 2.53 bits per heavy atom. The predicted molar refractivity (Wildman–Crippen MR) is 73.4 cm³/mol. The van der Waals surface area contributed by atoms with Gasteiger partial charge in [0.15, 0.2) is 0 Å². The highest BCUT2D eigenvalue weighted by Crippen LogP contribution is 2.22. The maximum Gasteiger partial charge on any atom is 0.261 e. The zero-order chi connectivity index (χ0) is 14.0. The first-order chi connectivity index (χ1) is 8.88. The molecule has 0 aliphatic carbocycles. The minimum absolute atomic E-state index is 0.0590. The summed E-state index contributed by atoms with van der Waals surface area (Å²) < 4.78 is 39.6. The number of hydrogen-bond donors (Lipinski definition) is 1. The van der Waals surface area contributed by atoms with Gasteiger partial charge in [-0.25, -0.2) is 12.8 Å². The lowest BCUT2D eigenvalue weighted by atomic mass is 10.2. The van der Waals surface area contributed by atoms with Crippen molar-refractivity contribution in [2.75, 3.05) is 4.72 Å². The second-order valence-corrected chi connectivity index (χ2v) is 6.14. The highest BCUT2D eigenvalue weighted by atomic mass is 35.5. The summed E-state index contributed by atoms with van der Waals surface area (Å²) in [7, 11) is -3.73. The Balaban J connectivity index is 2.36. The lowest BCUT2D eigenvalue weighted by Gasteiger charge is -2.10. The van der Waals surface area contributed by atoms with Gasteiger partial charge in [0.2, 0.25) is 0 Å². The van der Waals surface area contributed by atoms with E-state index >= 15 is 0 Å². The zero-order valence-electron chi connectivity index (χ0n) is 10.0. The Morgan fingerprint density at radius 1 is 1.16 bits per heavy atom. The molecule has 0 aliphatic heterocycles. The van der Waals surface area contributed by atoms with Crippen LogP contribution in [-0.2, 0) is 10.0 Å². The van der Waals surface area contributed by atoms with E-state index in [1.54, 1.807) is 19.1 Å². The molecule has 0 saturated carbocycles. The third-order valence-corrected chi connectivity index (χ3v) is 4.14. The van der Waals surface area contributed by atoms with Crippen LogP contribution in [0.3, 0.4) is 0 Å². The van der Waals surface area contributed by atoms with Crippen LogP contribution in [0.15, 0.2) is 47.4 Å². The second-order valence-electron chi connectivity index (χ2n) is 4.02. The van der Waals surface area contributed by atoms with E-state index in [9.17, 15) is 12.8 Å². The van der Waals surface area contributed by atoms with Crippen molar-refractivity contribution < 1.29 is 12.8 Å². The van der Waals surface area contributed by atoms with Gasteiger partial charge in [-0.3, -0.25) is 4.72 Å². The molecule has 3 nitrogen and oxygen atoms in total. The normalized spacial score (nSPS) is 11.3. The van der Waals surface area contributed by atoms with Crippen LogP contribution in [0.4, 0.5) is 10.1 Å². The third-order valence-electron chi connectivity index (χ3n) is 2.54. The molecule has 19 heavy (non-hydrogen) atoms. The predicted octanol–water partition coefficient (Wildman–Crippen LogP) is 3.59. The van der Waals surface area contributed by atoms with Crippen molar-refractivity contribution in [2.24, 2.45) is 0 Å². The Morgan fingerprint density at radius 2 is 1.89 bits per heavy atom. The van der Waals surface area contributed by atoms with E-state index in [-0.39, 0.29) is 4.90 Å². The largest absolute Gasteiger partial charge is 0.279 e. The molecule has 2 rings (SSSR count). The highest BCUT2D eigenvalue weighted by molar-refractivity contribution is 7.92. The maximum absolute atomic E-state index is 13.0. The summed E-state index contributed by atoms with van der Waals surface area (Å²) in [5, 5.41) is 0.332. The van der Waals surface area contributed by atoms with Crippen molar-refractivity contribution in [2.45, 2.75) is 11.8 Å². The summed E-state index contributed by atoms with van der Waals surface area (Å²) in [5.74, 6) is -0.414. The number of aryl methyl sites for hydroxylation is 1. The van der Waals surface area contributed by atoms with Gasteiger partial charge in [-0.2, -0.15) is 0 Å². The molecular weight excluding hydrogens is 289 g/mol. The third kappa shape index (κ3) is 3.24. The second kappa shape index (κ2) is 5.19. The summed E-state index contributed by atoms with van der Waals surface area (Å²) in [6, 6.07) is 9.76. The summed E-state index contributed by atoms with van der Waals surface area (Å²) in [6.45, 7) is 1.62. The summed E-state index contributed by atoms with van der Waals surface area (Å²) in [4.78, 5) is 0.0590. The van der Waals surface area contributed by atoms with Crippen LogP contribution in [-0.4, -0.2) is 8.42 Å². The van der Waals surface area contributed by atoms with Gasteiger partial charge in [0.25, 0.3) is 10.0 Å². The van der Waals surface area contributed by atoms with Crippen LogP contribution in [0.5, 0.6) is 0 Å². The molecule has 2 aromatic rings. The van der Waals surface area contributed by atoms with Crippen LogP contribution in [0.1, 0.15) is 5.56 Å². The molecule has 0 saturated heterocycles. The van der Waals surface area contributed by atoms with Crippen molar-refractivity contribution in [1.29, 1.82) is 0 Å². The van der Waals surface area contributed by atoms with Crippen LogP contribution in [0.25, 0.3) is 0 Å². The molecule has 0 aromatic heterocycles. The zero-order valence-corrected chi connectivity index (χ0v) is 11.6. The first kappa shape index (κ1) is 13.8. The first-order valence-electron chi connectivity index (χ1n) is 5.43. The van der Waals surface area contributed by atoms with E-state index in [1.165, 1.54) is 30.3 Å². The van der Waals surface area contributed by atoms with Gasteiger partial charge >= 0.3 is 0 Å². The number of sulfonamides is 1. The molecule has 0 bridgehead atoms. The van der Waals surface area contributed by atoms with Gasteiger partial charge in [-0.15, -0.1) is 0 Å². The molecule has 0 amide bonds. The summed E-state index contributed by atoms with van der Waals surface area (Å²) in [6.07, 6.45) is 0. The fourth-order valence-electron chi connectivity index (χ4n) is 1.58. The SMILES string of the molecule is Cc1cc(F)ccc1NS(=O)(=O)c1cccc(Cl)c1. The van der Waals surface area contributed by atoms with Crippen molar-refractivity contribution in [3.05, 3.63) is 58.9 Å². The number of rotatable bonds is 3. The maximum atomic E-state index is 13.0. The van der Waals surface area contributed by atoms with Crippen LogP contribution < -0.4 is 4.72 Å². The molecule has 0 unspecified atom stereocenters. The Hall–Kier alpha value is -1.59. The molecule has 0 radical (unpaired) electrons. The molecule has 0 atom stereocenters. The summed E-state index contributed by atoms with van der Waals surface area (Å²) >= 11 is 5.76. The standard InChI is InChI=1S/C13H11ClFNO2S/c1-9-7-11(15)5-6-13(9)16-19(17,18)12-4-2-3-10(14)8-12/h2-8,16H,1H3. The number of hydrogen-bond acceptors (Lipinski definition) is 2. The van der Waals surface area contributed by atoms with Crippen molar-refractivity contribution in [3.8, 4) is 0 Å². The molecule has 0 spiro atoms. The summed E-state index contributed by atoms with van der Waals surface area (Å²) in [5.41, 5.74) is 0.840. The lowest BCUT2D eigenvalue weighted by molar-refractivity contribution is 0.601. The molecular formula is C13H11ClFNO2S. The quantitative estimate of drug-likeness (QED) is 0.941. The lowest BCUT2D eigenvalue weighted by Crippen LogP contribution is -2.13. The van der Waals surface area contributed by atoms with Gasteiger partial charge in [0.1, 0.15) is 5.82 Å². The van der Waals surface area contributed by atoms with Crippen molar-refractivity contribution >= 4 is 27.3 Å². The average molecular weight is 300 g/mol. The fraction of sp³-hybridized carbons (Fsp3) is 0.0769. The van der Waals surface area contributed by atoms with Crippen LogP contribution >= 0.6 is 11.6 Å². The van der Waals surface area contributed by atoms with Crippen molar-refractivity contribution in [3.63, 3.8) is 0 Å².